The fourth-order valence-electron chi connectivity index (χ4n) is 1.79. The highest BCUT2D eigenvalue weighted by Gasteiger charge is 2.13. The molecule has 4 nitrogen and oxygen atoms in total. The van der Waals surface area contributed by atoms with Crippen LogP contribution in [-0.4, -0.2) is 18.5 Å². The summed E-state index contributed by atoms with van der Waals surface area (Å²) in [5, 5.41) is 2.99. The van der Waals surface area contributed by atoms with Gasteiger partial charge >= 0.3 is 5.97 Å². The Hall–Kier alpha value is -2.11. The third kappa shape index (κ3) is 4.94. The molecule has 0 aliphatic heterocycles. The number of rotatable bonds is 5. The summed E-state index contributed by atoms with van der Waals surface area (Å²) in [5.74, 6) is -1.81. The minimum absolute atomic E-state index is 0.201. The molecule has 2 aromatic rings. The van der Waals surface area contributed by atoms with Gasteiger partial charge in [-0.3, -0.25) is 9.59 Å². The summed E-state index contributed by atoms with van der Waals surface area (Å²) in [4.78, 5) is 23.4. The second-order valence-electron chi connectivity index (χ2n) is 4.57. The average molecular weight is 356 g/mol. The van der Waals surface area contributed by atoms with E-state index in [2.05, 4.69) is 5.32 Å². The Morgan fingerprint density at radius 1 is 1.04 bits per heavy atom. The summed E-state index contributed by atoms with van der Waals surface area (Å²) < 4.78 is 18.2. The molecule has 120 valence electrons. The topological polar surface area (TPSA) is 55.4 Å². The normalized spacial score (nSPS) is 10.2. The quantitative estimate of drug-likeness (QED) is 0.828. The van der Waals surface area contributed by atoms with Crippen molar-refractivity contribution in [2.75, 3.05) is 11.9 Å². The maximum atomic E-state index is 13.4. The van der Waals surface area contributed by atoms with Crippen molar-refractivity contribution in [1.29, 1.82) is 0 Å². The third-order valence-corrected chi connectivity index (χ3v) is 3.51. The van der Waals surface area contributed by atoms with Gasteiger partial charge in [-0.2, -0.15) is 0 Å². The fraction of sp³-hybridized carbons (Fsp3) is 0.125. The molecule has 1 amide bonds. The zero-order valence-corrected chi connectivity index (χ0v) is 13.3. The predicted octanol–water partition coefficient (Wildman–Crippen LogP) is 3.86. The molecule has 0 saturated carbocycles. The minimum atomic E-state index is -0.712. The smallest absolute Gasteiger partial charge is 0.310 e. The first-order valence-corrected chi connectivity index (χ1v) is 7.36. The van der Waals surface area contributed by atoms with E-state index >= 15 is 0 Å². The molecule has 0 aliphatic rings. The molecular formula is C16H12Cl2FNO3. The molecule has 2 aromatic carbocycles. The Labute approximate surface area is 142 Å². The molecular weight excluding hydrogens is 344 g/mol. The number of benzene rings is 2. The van der Waals surface area contributed by atoms with E-state index in [4.69, 9.17) is 27.9 Å². The Morgan fingerprint density at radius 3 is 2.35 bits per heavy atom. The van der Waals surface area contributed by atoms with E-state index in [1.165, 1.54) is 18.2 Å². The number of ether oxygens (including phenoxy) is 1. The maximum Gasteiger partial charge on any atom is 0.310 e. The molecule has 0 atom stereocenters. The van der Waals surface area contributed by atoms with Gasteiger partial charge in [0.05, 0.1) is 22.2 Å². The number of esters is 1. The largest absolute Gasteiger partial charge is 0.455 e. The van der Waals surface area contributed by atoms with Crippen molar-refractivity contribution in [2.24, 2.45) is 0 Å². The van der Waals surface area contributed by atoms with Crippen LogP contribution in [0.2, 0.25) is 10.0 Å². The van der Waals surface area contributed by atoms with Crippen LogP contribution in [0.25, 0.3) is 0 Å². The van der Waals surface area contributed by atoms with Gasteiger partial charge in [0, 0.05) is 0 Å². The maximum absolute atomic E-state index is 13.4. The monoisotopic (exact) mass is 355 g/mol. The van der Waals surface area contributed by atoms with Crippen LogP contribution in [0.15, 0.2) is 42.5 Å². The predicted molar refractivity (Wildman–Crippen MR) is 86.2 cm³/mol. The van der Waals surface area contributed by atoms with Crippen LogP contribution in [0, 0.1) is 5.82 Å². The summed E-state index contributed by atoms with van der Waals surface area (Å²) in [7, 11) is 0. The number of amides is 1. The molecule has 0 heterocycles. The van der Waals surface area contributed by atoms with Gasteiger partial charge in [-0.15, -0.1) is 0 Å². The van der Waals surface area contributed by atoms with E-state index in [-0.39, 0.29) is 27.7 Å². The molecule has 1 N–H and O–H groups in total. The molecule has 0 aliphatic carbocycles. The van der Waals surface area contributed by atoms with Gasteiger partial charge in [0.15, 0.2) is 6.61 Å². The number of carbonyl (C=O) groups is 2. The van der Waals surface area contributed by atoms with E-state index in [1.807, 2.05) is 0 Å². The number of carbonyl (C=O) groups excluding carboxylic acids is 2. The van der Waals surface area contributed by atoms with Gasteiger partial charge in [0.2, 0.25) is 0 Å². The Morgan fingerprint density at radius 2 is 1.70 bits per heavy atom. The highest BCUT2D eigenvalue weighted by atomic mass is 35.5. The molecule has 0 spiro atoms. The first kappa shape index (κ1) is 17.2. The number of halogens is 3. The summed E-state index contributed by atoms with van der Waals surface area (Å²) in [6.45, 7) is -0.519. The molecule has 0 saturated heterocycles. The molecule has 7 heteroatoms. The van der Waals surface area contributed by atoms with Crippen LogP contribution in [0.4, 0.5) is 10.1 Å². The van der Waals surface area contributed by atoms with Crippen LogP contribution in [0.5, 0.6) is 0 Å². The number of nitrogens with one attached hydrogen (secondary N) is 1. The van der Waals surface area contributed by atoms with E-state index in [9.17, 15) is 14.0 Å². The summed E-state index contributed by atoms with van der Waals surface area (Å²) in [6.07, 6.45) is -0.257. The van der Waals surface area contributed by atoms with Crippen LogP contribution < -0.4 is 5.32 Å². The average Bonchev–Trinajstić information content (AvgIpc) is 2.51. The number of para-hydroxylation sites is 1. The third-order valence-electron chi connectivity index (χ3n) is 2.88. The molecule has 0 unspecified atom stereocenters. The van der Waals surface area contributed by atoms with E-state index < -0.39 is 24.3 Å². The number of hydrogen-bond acceptors (Lipinski definition) is 3. The zero-order chi connectivity index (χ0) is 16.8. The van der Waals surface area contributed by atoms with Crippen LogP contribution >= 0.6 is 23.2 Å². The van der Waals surface area contributed by atoms with Crippen molar-refractivity contribution in [3.05, 3.63) is 63.9 Å². The van der Waals surface area contributed by atoms with E-state index in [1.54, 1.807) is 24.3 Å². The highest BCUT2D eigenvalue weighted by molar-refractivity contribution is 6.39. The van der Waals surface area contributed by atoms with Crippen LogP contribution in [0.1, 0.15) is 5.56 Å². The van der Waals surface area contributed by atoms with Crippen molar-refractivity contribution in [2.45, 2.75) is 6.42 Å². The SMILES string of the molecule is O=C(COC(=O)Cc1ccccc1F)Nc1c(Cl)cccc1Cl. The lowest BCUT2D eigenvalue weighted by Gasteiger charge is -2.09. The first-order valence-electron chi connectivity index (χ1n) is 6.60. The molecule has 0 fully saturated rings. The van der Waals surface area contributed by atoms with Gasteiger partial charge < -0.3 is 10.1 Å². The Bertz CT molecular complexity index is 717. The lowest BCUT2D eigenvalue weighted by atomic mass is 10.1. The van der Waals surface area contributed by atoms with Crippen molar-refractivity contribution in [1.82, 2.24) is 0 Å². The Balaban J connectivity index is 1.87. The molecule has 2 rings (SSSR count). The van der Waals surface area contributed by atoms with E-state index in [0.29, 0.717) is 0 Å². The molecule has 0 aromatic heterocycles. The molecule has 0 bridgehead atoms. The fourth-order valence-corrected chi connectivity index (χ4v) is 2.28. The minimum Gasteiger partial charge on any atom is -0.455 e. The van der Waals surface area contributed by atoms with Gasteiger partial charge in [-0.1, -0.05) is 47.5 Å². The van der Waals surface area contributed by atoms with Crippen molar-refractivity contribution in [3.8, 4) is 0 Å². The highest BCUT2D eigenvalue weighted by Crippen LogP contribution is 2.29. The summed E-state index contributed by atoms with van der Waals surface area (Å²) in [6, 6.07) is 10.6. The second-order valence-corrected chi connectivity index (χ2v) is 5.39. The molecule has 0 radical (unpaired) electrons. The van der Waals surface area contributed by atoms with E-state index in [0.717, 1.165) is 0 Å². The van der Waals surface area contributed by atoms with Crippen LogP contribution in [-0.2, 0) is 20.7 Å². The lowest BCUT2D eigenvalue weighted by Crippen LogP contribution is -2.22. The Kier molecular flexibility index (Phi) is 5.96. The number of anilines is 1. The number of hydrogen-bond donors (Lipinski definition) is 1. The lowest BCUT2D eigenvalue weighted by molar-refractivity contribution is -0.146. The van der Waals surface area contributed by atoms with Gasteiger partial charge in [-0.25, -0.2) is 4.39 Å². The summed E-state index contributed by atoms with van der Waals surface area (Å²) in [5.41, 5.74) is 0.443. The summed E-state index contributed by atoms with van der Waals surface area (Å²) >= 11 is 11.8. The second kappa shape index (κ2) is 7.94. The van der Waals surface area contributed by atoms with Gasteiger partial charge in [0.25, 0.3) is 5.91 Å². The first-order chi connectivity index (χ1) is 11.0. The van der Waals surface area contributed by atoms with Crippen molar-refractivity contribution in [3.63, 3.8) is 0 Å². The van der Waals surface area contributed by atoms with Crippen molar-refractivity contribution >= 4 is 40.8 Å². The van der Waals surface area contributed by atoms with Gasteiger partial charge in [-0.05, 0) is 23.8 Å². The standard InChI is InChI=1S/C16H12Cl2FNO3/c17-11-5-3-6-12(18)16(11)20-14(21)9-23-15(22)8-10-4-1-2-7-13(10)19/h1-7H,8-9H2,(H,20,21). The van der Waals surface area contributed by atoms with Crippen molar-refractivity contribution < 1.29 is 18.7 Å². The van der Waals surface area contributed by atoms with Crippen LogP contribution in [0.3, 0.4) is 0 Å². The molecule has 23 heavy (non-hydrogen) atoms. The zero-order valence-electron chi connectivity index (χ0n) is 11.8. The van der Waals surface area contributed by atoms with Gasteiger partial charge in [0.1, 0.15) is 5.82 Å².